The summed E-state index contributed by atoms with van der Waals surface area (Å²) >= 11 is 0. The monoisotopic (exact) mass is 205 g/mol. The molecule has 5 heteroatoms. The normalized spacial score (nSPS) is 11.5. The summed E-state index contributed by atoms with van der Waals surface area (Å²) in [5.74, 6) is -0.347. The van der Waals surface area contributed by atoms with Gasteiger partial charge in [-0.2, -0.15) is 0 Å². The summed E-state index contributed by atoms with van der Waals surface area (Å²) in [6, 6.07) is 2.73. The predicted molar refractivity (Wildman–Crippen MR) is 47.0 cm³/mol. The fourth-order valence-corrected chi connectivity index (χ4v) is 1.03. The number of hydrogen-bond acceptors (Lipinski definition) is 2. The van der Waals surface area contributed by atoms with Crippen LogP contribution in [0.5, 0.6) is 5.75 Å². The van der Waals surface area contributed by atoms with Gasteiger partial charge in [-0.25, -0.2) is 0 Å². The molecule has 0 aromatic heterocycles. The van der Waals surface area contributed by atoms with E-state index in [1.54, 1.807) is 13.8 Å². The van der Waals surface area contributed by atoms with E-state index in [-0.39, 0.29) is 11.4 Å². The minimum Gasteiger partial charge on any atom is -0.404 e. The number of anilines is 1. The second-order valence-electron chi connectivity index (χ2n) is 3.02. The Morgan fingerprint density at radius 2 is 1.64 bits per heavy atom. The van der Waals surface area contributed by atoms with Crippen molar-refractivity contribution in [1.82, 2.24) is 0 Å². The molecule has 0 amide bonds. The Hall–Kier alpha value is -1.39. The summed E-state index contributed by atoms with van der Waals surface area (Å²) in [6.45, 7) is 3.46. The van der Waals surface area contributed by atoms with Crippen molar-refractivity contribution in [2.24, 2.45) is 0 Å². The Labute approximate surface area is 79.5 Å². The van der Waals surface area contributed by atoms with Crippen molar-refractivity contribution < 1.29 is 17.9 Å². The van der Waals surface area contributed by atoms with Crippen LogP contribution in [0.25, 0.3) is 0 Å². The van der Waals surface area contributed by atoms with Crippen LogP contribution in [0.3, 0.4) is 0 Å². The molecule has 0 atom stereocenters. The Morgan fingerprint density at radius 1 is 1.14 bits per heavy atom. The van der Waals surface area contributed by atoms with Crippen molar-refractivity contribution in [3.8, 4) is 5.75 Å². The highest BCUT2D eigenvalue weighted by molar-refractivity contribution is 5.56. The highest BCUT2D eigenvalue weighted by Crippen LogP contribution is 2.30. The van der Waals surface area contributed by atoms with Crippen molar-refractivity contribution >= 4 is 5.69 Å². The molecule has 0 saturated carbocycles. The van der Waals surface area contributed by atoms with Gasteiger partial charge >= 0.3 is 6.36 Å². The molecule has 0 aliphatic rings. The first kappa shape index (κ1) is 10.7. The van der Waals surface area contributed by atoms with Gasteiger partial charge in [-0.05, 0) is 37.1 Å². The molecule has 0 aliphatic heterocycles. The third kappa shape index (κ3) is 2.55. The van der Waals surface area contributed by atoms with Gasteiger partial charge < -0.3 is 10.5 Å². The van der Waals surface area contributed by atoms with Crippen LogP contribution in [0.15, 0.2) is 12.1 Å². The number of nitrogen functional groups attached to an aromatic ring is 1. The van der Waals surface area contributed by atoms with Crippen molar-refractivity contribution in [2.75, 3.05) is 5.73 Å². The highest BCUT2D eigenvalue weighted by Gasteiger charge is 2.32. The second-order valence-corrected chi connectivity index (χ2v) is 3.02. The summed E-state index contributed by atoms with van der Waals surface area (Å²) in [6.07, 6.45) is -4.70. The van der Waals surface area contributed by atoms with Crippen LogP contribution in [0.1, 0.15) is 11.1 Å². The molecule has 0 spiro atoms. The zero-order valence-electron chi connectivity index (χ0n) is 7.77. The number of rotatable bonds is 1. The Bertz CT molecular complexity index is 347. The largest absolute Gasteiger partial charge is 0.573 e. The molecule has 2 nitrogen and oxygen atoms in total. The molecule has 0 bridgehead atoms. The standard InChI is InChI=1S/C9H10F3NO/c1-5-3-7(13)8(4-6(5)2)14-9(10,11)12/h3-4H,13H2,1-2H3. The first-order valence-electron chi connectivity index (χ1n) is 3.92. The van der Waals surface area contributed by atoms with Crippen LogP contribution in [0.2, 0.25) is 0 Å². The maximum absolute atomic E-state index is 11.9. The number of nitrogens with two attached hydrogens (primary N) is 1. The minimum absolute atomic E-state index is 0.00887. The van der Waals surface area contributed by atoms with Gasteiger partial charge in [0.2, 0.25) is 0 Å². The summed E-state index contributed by atoms with van der Waals surface area (Å²) in [4.78, 5) is 0. The van der Waals surface area contributed by atoms with Gasteiger partial charge in [0.1, 0.15) is 0 Å². The molecule has 1 aromatic carbocycles. The molecule has 0 fully saturated rings. The summed E-state index contributed by atoms with van der Waals surface area (Å²) in [5, 5.41) is 0. The van der Waals surface area contributed by atoms with Gasteiger partial charge in [0.15, 0.2) is 5.75 Å². The van der Waals surface area contributed by atoms with E-state index in [2.05, 4.69) is 4.74 Å². The average molecular weight is 205 g/mol. The lowest BCUT2D eigenvalue weighted by Gasteiger charge is -2.12. The van der Waals surface area contributed by atoms with E-state index < -0.39 is 6.36 Å². The number of aryl methyl sites for hydroxylation is 2. The lowest BCUT2D eigenvalue weighted by molar-refractivity contribution is -0.274. The van der Waals surface area contributed by atoms with E-state index in [1.807, 2.05) is 0 Å². The summed E-state index contributed by atoms with van der Waals surface area (Å²) in [7, 11) is 0. The van der Waals surface area contributed by atoms with Crippen LogP contribution >= 0.6 is 0 Å². The fraction of sp³-hybridized carbons (Fsp3) is 0.333. The molecule has 78 valence electrons. The van der Waals surface area contributed by atoms with Crippen LogP contribution in [-0.4, -0.2) is 6.36 Å². The van der Waals surface area contributed by atoms with E-state index in [4.69, 9.17) is 5.73 Å². The first-order valence-corrected chi connectivity index (χ1v) is 3.92. The number of alkyl halides is 3. The number of hydrogen-bond donors (Lipinski definition) is 1. The highest BCUT2D eigenvalue weighted by atomic mass is 19.4. The predicted octanol–water partition coefficient (Wildman–Crippen LogP) is 2.78. The van der Waals surface area contributed by atoms with Gasteiger partial charge in [0.25, 0.3) is 0 Å². The molecule has 0 radical (unpaired) electrons. The van der Waals surface area contributed by atoms with Crippen molar-refractivity contribution in [3.63, 3.8) is 0 Å². The molecule has 0 heterocycles. The van der Waals surface area contributed by atoms with Crippen LogP contribution in [0, 0.1) is 13.8 Å². The molecule has 0 saturated heterocycles. The van der Waals surface area contributed by atoms with E-state index in [9.17, 15) is 13.2 Å². The first-order chi connectivity index (χ1) is 6.29. The quantitative estimate of drug-likeness (QED) is 0.715. The molecule has 14 heavy (non-hydrogen) atoms. The topological polar surface area (TPSA) is 35.2 Å². The smallest absolute Gasteiger partial charge is 0.404 e. The number of halogens is 3. The van der Waals surface area contributed by atoms with Crippen molar-refractivity contribution in [3.05, 3.63) is 23.3 Å². The molecular weight excluding hydrogens is 195 g/mol. The maximum Gasteiger partial charge on any atom is 0.573 e. The lowest BCUT2D eigenvalue weighted by Crippen LogP contribution is -2.18. The Balaban J connectivity index is 3.04. The van der Waals surface area contributed by atoms with E-state index >= 15 is 0 Å². The maximum atomic E-state index is 11.9. The van der Waals surface area contributed by atoms with Gasteiger partial charge in [0.05, 0.1) is 5.69 Å². The summed E-state index contributed by atoms with van der Waals surface area (Å²) < 4.78 is 39.4. The Kier molecular flexibility index (Phi) is 2.59. The second kappa shape index (κ2) is 3.40. The van der Waals surface area contributed by atoms with Gasteiger partial charge in [-0.15, -0.1) is 13.2 Å². The van der Waals surface area contributed by atoms with Gasteiger partial charge in [-0.3, -0.25) is 0 Å². The van der Waals surface area contributed by atoms with Crippen LogP contribution in [0.4, 0.5) is 18.9 Å². The molecular formula is C9H10F3NO. The third-order valence-electron chi connectivity index (χ3n) is 1.85. The fourth-order valence-electron chi connectivity index (χ4n) is 1.03. The van der Waals surface area contributed by atoms with Crippen molar-refractivity contribution in [1.29, 1.82) is 0 Å². The van der Waals surface area contributed by atoms with Gasteiger partial charge in [0, 0.05) is 0 Å². The molecule has 1 aromatic rings. The third-order valence-corrected chi connectivity index (χ3v) is 1.85. The molecule has 0 unspecified atom stereocenters. The zero-order chi connectivity index (χ0) is 10.9. The van der Waals surface area contributed by atoms with Crippen LogP contribution in [-0.2, 0) is 0 Å². The van der Waals surface area contributed by atoms with E-state index in [0.717, 1.165) is 5.56 Å². The van der Waals surface area contributed by atoms with Crippen LogP contribution < -0.4 is 10.5 Å². The Morgan fingerprint density at radius 3 is 2.14 bits per heavy atom. The van der Waals surface area contributed by atoms with E-state index in [0.29, 0.717) is 5.56 Å². The van der Waals surface area contributed by atoms with Crippen molar-refractivity contribution in [2.45, 2.75) is 20.2 Å². The zero-order valence-corrected chi connectivity index (χ0v) is 7.77. The molecule has 1 rings (SSSR count). The SMILES string of the molecule is Cc1cc(N)c(OC(F)(F)F)cc1C. The number of ether oxygens (including phenoxy) is 1. The van der Waals surface area contributed by atoms with E-state index in [1.165, 1.54) is 12.1 Å². The van der Waals surface area contributed by atoms with Gasteiger partial charge in [-0.1, -0.05) is 0 Å². The minimum atomic E-state index is -4.70. The summed E-state index contributed by atoms with van der Waals surface area (Å²) in [5.41, 5.74) is 6.90. The number of benzene rings is 1. The molecule has 2 N–H and O–H groups in total. The lowest BCUT2D eigenvalue weighted by atomic mass is 10.1. The average Bonchev–Trinajstić information content (AvgIpc) is 1.97. The molecule has 0 aliphatic carbocycles.